The molecule has 8 nitrogen and oxygen atoms in total. The van der Waals surface area contributed by atoms with Crippen molar-refractivity contribution in [1.82, 2.24) is 4.90 Å². The fourth-order valence-corrected chi connectivity index (χ4v) is 5.48. The van der Waals surface area contributed by atoms with Crippen LogP contribution in [0.2, 0.25) is 5.02 Å². The molecule has 4 rings (SSSR count). The van der Waals surface area contributed by atoms with Crippen LogP contribution in [0.25, 0.3) is 0 Å². The van der Waals surface area contributed by atoms with Gasteiger partial charge in [0.15, 0.2) is 0 Å². The quantitative estimate of drug-likeness (QED) is 0.462. The maximum atomic E-state index is 13.0. The van der Waals surface area contributed by atoms with Crippen molar-refractivity contribution in [1.29, 1.82) is 0 Å². The Kier molecular flexibility index (Phi) is 7.91. The number of piperazine rings is 1. The minimum atomic E-state index is -3.95. The molecule has 0 spiro atoms. The standard InChI is InChI=1S/C26H28ClN3O5S/c1-3-35-24-12-9-20(27)17-25(24)36(32,33)28-21-10-7-19(8-11-21)26(31)30-15-13-29(14-16-30)22-5-4-6-23(18-22)34-2/h4-12,17-18,28H,3,13-16H2,1-2H3. The Balaban J connectivity index is 1.40. The lowest BCUT2D eigenvalue weighted by Crippen LogP contribution is -2.48. The van der Waals surface area contributed by atoms with Crippen molar-refractivity contribution in [2.75, 3.05) is 49.5 Å². The second-order valence-corrected chi connectivity index (χ2v) is 10.3. The van der Waals surface area contributed by atoms with Gasteiger partial charge in [0.1, 0.15) is 16.4 Å². The summed E-state index contributed by atoms with van der Waals surface area (Å²) in [5.41, 5.74) is 1.88. The number of nitrogens with one attached hydrogen (secondary N) is 1. The van der Waals surface area contributed by atoms with Crippen LogP contribution in [0, 0.1) is 0 Å². The molecule has 190 valence electrons. The highest BCUT2D eigenvalue weighted by atomic mass is 35.5. The number of sulfonamides is 1. The third-order valence-electron chi connectivity index (χ3n) is 5.86. The second-order valence-electron chi connectivity index (χ2n) is 8.19. The van der Waals surface area contributed by atoms with Crippen LogP contribution < -0.4 is 19.1 Å². The molecule has 1 saturated heterocycles. The van der Waals surface area contributed by atoms with Crippen molar-refractivity contribution in [2.45, 2.75) is 11.8 Å². The first-order valence-electron chi connectivity index (χ1n) is 11.5. The number of rotatable bonds is 8. The first-order chi connectivity index (χ1) is 17.3. The SMILES string of the molecule is CCOc1ccc(Cl)cc1S(=O)(=O)Nc1ccc(C(=O)N2CCN(c3cccc(OC)c3)CC2)cc1. The molecule has 1 aliphatic rings. The highest BCUT2D eigenvalue weighted by Crippen LogP contribution is 2.29. The zero-order valence-electron chi connectivity index (χ0n) is 20.1. The van der Waals surface area contributed by atoms with Gasteiger partial charge in [0.2, 0.25) is 0 Å². The highest BCUT2D eigenvalue weighted by Gasteiger charge is 2.24. The second kappa shape index (κ2) is 11.1. The summed E-state index contributed by atoms with van der Waals surface area (Å²) in [5, 5.41) is 0.284. The zero-order valence-corrected chi connectivity index (χ0v) is 21.7. The molecule has 0 saturated carbocycles. The molecule has 0 radical (unpaired) electrons. The van der Waals surface area contributed by atoms with Gasteiger partial charge in [0.05, 0.1) is 13.7 Å². The summed E-state index contributed by atoms with van der Waals surface area (Å²) in [6, 6.07) is 18.7. The third-order valence-corrected chi connectivity index (χ3v) is 7.50. The van der Waals surface area contributed by atoms with Crippen molar-refractivity contribution in [3.63, 3.8) is 0 Å². The summed E-state index contributed by atoms with van der Waals surface area (Å²) >= 11 is 6.01. The Morgan fingerprint density at radius 2 is 1.72 bits per heavy atom. The Hall–Kier alpha value is -3.43. The summed E-state index contributed by atoms with van der Waals surface area (Å²) in [4.78, 5) is 17.0. The van der Waals surface area contributed by atoms with Crippen LogP contribution in [0.5, 0.6) is 11.5 Å². The van der Waals surface area contributed by atoms with Gasteiger partial charge >= 0.3 is 0 Å². The smallest absolute Gasteiger partial charge is 0.265 e. The fraction of sp³-hybridized carbons (Fsp3) is 0.269. The minimum Gasteiger partial charge on any atom is -0.497 e. The minimum absolute atomic E-state index is 0.0501. The number of amides is 1. The molecule has 0 bridgehead atoms. The van der Waals surface area contributed by atoms with Crippen LogP contribution in [0.1, 0.15) is 17.3 Å². The number of anilines is 2. The topological polar surface area (TPSA) is 88.2 Å². The summed E-state index contributed by atoms with van der Waals surface area (Å²) < 4.78 is 39.2. The van der Waals surface area contributed by atoms with E-state index >= 15 is 0 Å². The van der Waals surface area contributed by atoms with E-state index in [1.54, 1.807) is 49.3 Å². The van der Waals surface area contributed by atoms with Crippen molar-refractivity contribution in [3.05, 3.63) is 77.3 Å². The molecule has 3 aromatic carbocycles. The lowest BCUT2D eigenvalue weighted by atomic mass is 10.1. The van der Waals surface area contributed by atoms with Crippen molar-refractivity contribution < 1.29 is 22.7 Å². The van der Waals surface area contributed by atoms with E-state index in [4.69, 9.17) is 21.1 Å². The normalized spacial score (nSPS) is 13.9. The Bertz CT molecular complexity index is 1320. The number of halogens is 1. The van der Waals surface area contributed by atoms with Crippen LogP contribution in [0.3, 0.4) is 0 Å². The van der Waals surface area contributed by atoms with E-state index in [0.717, 1.165) is 11.4 Å². The highest BCUT2D eigenvalue weighted by molar-refractivity contribution is 7.92. The molecule has 0 aliphatic carbocycles. The van der Waals surface area contributed by atoms with E-state index in [1.165, 1.54) is 12.1 Å². The number of carbonyl (C=O) groups excluding carboxylic acids is 1. The third kappa shape index (κ3) is 5.85. The molecule has 1 amide bonds. The number of methoxy groups -OCH3 is 1. The number of benzene rings is 3. The molecule has 0 aromatic heterocycles. The number of hydrogen-bond acceptors (Lipinski definition) is 6. The van der Waals surface area contributed by atoms with E-state index in [9.17, 15) is 13.2 Å². The van der Waals surface area contributed by atoms with Crippen LogP contribution in [0.4, 0.5) is 11.4 Å². The van der Waals surface area contributed by atoms with Crippen molar-refractivity contribution in [2.24, 2.45) is 0 Å². The van der Waals surface area contributed by atoms with Gasteiger partial charge in [-0.15, -0.1) is 0 Å². The van der Waals surface area contributed by atoms with E-state index in [1.807, 2.05) is 24.3 Å². The maximum absolute atomic E-state index is 13.0. The lowest BCUT2D eigenvalue weighted by Gasteiger charge is -2.36. The number of ether oxygens (including phenoxy) is 2. The molecule has 1 heterocycles. The number of nitrogens with zero attached hydrogens (tertiary/aromatic N) is 2. The van der Waals surface area contributed by atoms with Gasteiger partial charge in [-0.25, -0.2) is 8.42 Å². The fourth-order valence-electron chi connectivity index (χ4n) is 4.02. The first kappa shape index (κ1) is 25.7. The van der Waals surface area contributed by atoms with Gasteiger partial charge in [-0.05, 0) is 61.5 Å². The maximum Gasteiger partial charge on any atom is 0.265 e. The number of hydrogen-bond donors (Lipinski definition) is 1. The molecule has 1 N–H and O–H groups in total. The lowest BCUT2D eigenvalue weighted by molar-refractivity contribution is 0.0747. The average Bonchev–Trinajstić information content (AvgIpc) is 2.90. The molecule has 0 unspecified atom stereocenters. The summed E-state index contributed by atoms with van der Waals surface area (Å²) in [6.45, 7) is 4.66. The summed E-state index contributed by atoms with van der Waals surface area (Å²) in [5.74, 6) is 0.920. The number of carbonyl (C=O) groups is 1. The van der Waals surface area contributed by atoms with Crippen LogP contribution in [0.15, 0.2) is 71.6 Å². The van der Waals surface area contributed by atoms with E-state index in [-0.39, 0.29) is 21.6 Å². The molecular formula is C26H28ClN3O5S. The van der Waals surface area contributed by atoms with E-state index in [2.05, 4.69) is 9.62 Å². The Labute approximate surface area is 216 Å². The molecular weight excluding hydrogens is 502 g/mol. The van der Waals surface area contributed by atoms with Gasteiger partial charge in [-0.2, -0.15) is 0 Å². The molecule has 1 fully saturated rings. The Morgan fingerprint density at radius 1 is 1.00 bits per heavy atom. The molecule has 1 aliphatic heterocycles. The first-order valence-corrected chi connectivity index (χ1v) is 13.4. The monoisotopic (exact) mass is 529 g/mol. The van der Waals surface area contributed by atoms with E-state index in [0.29, 0.717) is 44.0 Å². The van der Waals surface area contributed by atoms with Gasteiger partial charge < -0.3 is 19.3 Å². The van der Waals surface area contributed by atoms with Gasteiger partial charge in [0, 0.05) is 54.2 Å². The Morgan fingerprint density at radius 3 is 2.39 bits per heavy atom. The predicted octanol–water partition coefficient (Wildman–Crippen LogP) is 4.51. The summed E-state index contributed by atoms with van der Waals surface area (Å²) in [6.07, 6.45) is 0. The molecule has 3 aromatic rings. The van der Waals surface area contributed by atoms with Crippen molar-refractivity contribution >= 4 is 38.9 Å². The van der Waals surface area contributed by atoms with Gasteiger partial charge in [-0.3, -0.25) is 9.52 Å². The molecule has 36 heavy (non-hydrogen) atoms. The molecule has 0 atom stereocenters. The van der Waals surface area contributed by atoms with Crippen LogP contribution >= 0.6 is 11.6 Å². The zero-order chi connectivity index (χ0) is 25.7. The van der Waals surface area contributed by atoms with E-state index < -0.39 is 10.0 Å². The van der Waals surface area contributed by atoms with Gasteiger partial charge in [-0.1, -0.05) is 17.7 Å². The van der Waals surface area contributed by atoms with Crippen molar-refractivity contribution in [3.8, 4) is 11.5 Å². The summed E-state index contributed by atoms with van der Waals surface area (Å²) in [7, 11) is -2.31. The van der Waals surface area contributed by atoms with Gasteiger partial charge in [0.25, 0.3) is 15.9 Å². The molecule has 10 heteroatoms. The van der Waals surface area contributed by atoms with Crippen LogP contribution in [-0.4, -0.2) is 59.1 Å². The van der Waals surface area contributed by atoms with Crippen LogP contribution in [-0.2, 0) is 10.0 Å². The average molecular weight is 530 g/mol. The largest absolute Gasteiger partial charge is 0.497 e. The predicted molar refractivity (Wildman–Crippen MR) is 141 cm³/mol.